The van der Waals surface area contributed by atoms with Crippen LogP contribution in [0.25, 0.3) is 0 Å². The van der Waals surface area contributed by atoms with E-state index in [-0.39, 0.29) is 12.5 Å². The summed E-state index contributed by atoms with van der Waals surface area (Å²) in [6, 6.07) is 7.82. The number of carbonyl (C=O) groups is 2. The molecule has 0 aromatic heterocycles. The molecular formula is C17H24N2O3. The van der Waals surface area contributed by atoms with Gasteiger partial charge in [0, 0.05) is 12.6 Å². The normalized spacial score (nSPS) is 15.6. The first-order valence-corrected chi connectivity index (χ1v) is 7.66. The first-order chi connectivity index (χ1) is 10.4. The summed E-state index contributed by atoms with van der Waals surface area (Å²) in [5.41, 5.74) is 2.31. The van der Waals surface area contributed by atoms with Gasteiger partial charge in [-0.3, -0.25) is 14.5 Å². The van der Waals surface area contributed by atoms with Crippen molar-refractivity contribution < 1.29 is 14.7 Å². The molecule has 1 atom stereocenters. The van der Waals surface area contributed by atoms with Crippen molar-refractivity contribution >= 4 is 11.9 Å². The smallest absolute Gasteiger partial charge is 0.320 e. The van der Waals surface area contributed by atoms with Gasteiger partial charge in [0.05, 0.1) is 6.54 Å². The molecule has 2 rings (SSSR count). The largest absolute Gasteiger partial charge is 0.480 e. The van der Waals surface area contributed by atoms with Crippen LogP contribution in [0.15, 0.2) is 24.3 Å². The maximum Gasteiger partial charge on any atom is 0.320 e. The Bertz CT molecular complexity index is 537. The zero-order chi connectivity index (χ0) is 16.3. The van der Waals surface area contributed by atoms with Crippen LogP contribution in [0.4, 0.5) is 0 Å². The van der Waals surface area contributed by atoms with Gasteiger partial charge in [-0.2, -0.15) is 0 Å². The molecule has 0 saturated heterocycles. The highest BCUT2D eigenvalue weighted by atomic mass is 16.4. The van der Waals surface area contributed by atoms with Crippen LogP contribution in [-0.2, 0) is 16.1 Å². The second-order valence-corrected chi connectivity index (χ2v) is 6.17. The zero-order valence-electron chi connectivity index (χ0n) is 13.5. The average Bonchev–Trinajstić information content (AvgIpc) is 3.30. The summed E-state index contributed by atoms with van der Waals surface area (Å²) in [6.07, 6.45) is 2.07. The number of carboxylic acids is 1. The molecule has 1 aliphatic rings. The number of hydrogen-bond donors (Lipinski definition) is 1. The van der Waals surface area contributed by atoms with Gasteiger partial charge >= 0.3 is 5.97 Å². The Morgan fingerprint density at radius 1 is 1.27 bits per heavy atom. The number of amides is 1. The maximum absolute atomic E-state index is 12.5. The lowest BCUT2D eigenvalue weighted by Crippen LogP contribution is -2.44. The summed E-state index contributed by atoms with van der Waals surface area (Å²) in [7, 11) is 1.67. The number of benzene rings is 1. The van der Waals surface area contributed by atoms with Crippen LogP contribution in [0.3, 0.4) is 0 Å². The van der Waals surface area contributed by atoms with E-state index in [0.29, 0.717) is 12.6 Å². The highest BCUT2D eigenvalue weighted by Gasteiger charge is 2.33. The molecule has 0 spiro atoms. The summed E-state index contributed by atoms with van der Waals surface area (Å²) in [4.78, 5) is 27.0. The maximum atomic E-state index is 12.5. The van der Waals surface area contributed by atoms with Gasteiger partial charge in [-0.05, 0) is 39.3 Å². The van der Waals surface area contributed by atoms with Crippen molar-refractivity contribution in [2.75, 3.05) is 13.6 Å². The molecule has 1 N–H and O–H groups in total. The molecule has 5 heteroatoms. The minimum Gasteiger partial charge on any atom is -0.480 e. The minimum atomic E-state index is -0.910. The summed E-state index contributed by atoms with van der Waals surface area (Å²) in [5.74, 6) is -0.912. The second-order valence-electron chi connectivity index (χ2n) is 6.17. The standard InChI is InChI=1S/C17H24N2O3/c1-12-4-6-14(7-5-12)10-19(15-8-9-15)16(20)11-18(3)13(2)17(21)22/h4-7,13,15H,8-11H2,1-3H3,(H,21,22). The van der Waals surface area contributed by atoms with E-state index in [1.807, 2.05) is 36.1 Å². The molecule has 1 saturated carbocycles. The molecule has 5 nitrogen and oxygen atoms in total. The Morgan fingerprint density at radius 3 is 2.36 bits per heavy atom. The predicted molar refractivity (Wildman–Crippen MR) is 84.5 cm³/mol. The lowest BCUT2D eigenvalue weighted by molar-refractivity contribution is -0.143. The molecule has 22 heavy (non-hydrogen) atoms. The zero-order valence-corrected chi connectivity index (χ0v) is 13.5. The summed E-state index contributed by atoms with van der Waals surface area (Å²) < 4.78 is 0. The van der Waals surface area contributed by atoms with Crippen molar-refractivity contribution in [3.05, 3.63) is 35.4 Å². The number of aryl methyl sites for hydroxylation is 1. The molecule has 120 valence electrons. The van der Waals surface area contributed by atoms with E-state index < -0.39 is 12.0 Å². The van der Waals surface area contributed by atoms with Crippen LogP contribution >= 0.6 is 0 Å². The second kappa shape index (κ2) is 6.92. The number of likely N-dealkylation sites (N-methyl/N-ethyl adjacent to an activating group) is 1. The van der Waals surface area contributed by atoms with Crippen molar-refractivity contribution in [3.63, 3.8) is 0 Å². The molecule has 1 aromatic rings. The van der Waals surface area contributed by atoms with E-state index in [1.165, 1.54) is 5.56 Å². The Kier molecular flexibility index (Phi) is 5.19. The topological polar surface area (TPSA) is 60.9 Å². The monoisotopic (exact) mass is 304 g/mol. The summed E-state index contributed by atoms with van der Waals surface area (Å²) >= 11 is 0. The molecule has 1 amide bonds. The quantitative estimate of drug-likeness (QED) is 0.835. The molecule has 1 fully saturated rings. The van der Waals surface area contributed by atoms with Gasteiger partial charge in [-0.15, -0.1) is 0 Å². The fraction of sp³-hybridized carbons (Fsp3) is 0.529. The molecule has 0 bridgehead atoms. The van der Waals surface area contributed by atoms with Crippen LogP contribution in [0.2, 0.25) is 0 Å². The van der Waals surface area contributed by atoms with Gasteiger partial charge in [-0.1, -0.05) is 29.8 Å². The van der Waals surface area contributed by atoms with Crippen LogP contribution in [-0.4, -0.2) is 52.5 Å². The van der Waals surface area contributed by atoms with Gasteiger partial charge in [-0.25, -0.2) is 0 Å². The van der Waals surface area contributed by atoms with Crippen molar-refractivity contribution in [2.45, 2.75) is 45.3 Å². The van der Waals surface area contributed by atoms with Crippen LogP contribution < -0.4 is 0 Å². The average molecular weight is 304 g/mol. The van der Waals surface area contributed by atoms with E-state index in [2.05, 4.69) is 0 Å². The summed E-state index contributed by atoms with van der Waals surface area (Å²) in [6.45, 7) is 4.36. The third kappa shape index (κ3) is 4.31. The molecule has 0 radical (unpaired) electrons. The lowest BCUT2D eigenvalue weighted by atomic mass is 10.1. The predicted octanol–water partition coefficient (Wildman–Crippen LogP) is 1.89. The Morgan fingerprint density at radius 2 is 1.86 bits per heavy atom. The van der Waals surface area contributed by atoms with Crippen molar-refractivity contribution in [1.82, 2.24) is 9.80 Å². The number of rotatable bonds is 7. The van der Waals surface area contributed by atoms with E-state index in [9.17, 15) is 9.59 Å². The van der Waals surface area contributed by atoms with Crippen LogP contribution in [0, 0.1) is 6.92 Å². The molecule has 1 aliphatic carbocycles. The van der Waals surface area contributed by atoms with Gasteiger partial charge in [0.15, 0.2) is 0 Å². The molecule has 0 aliphatic heterocycles. The van der Waals surface area contributed by atoms with Gasteiger partial charge < -0.3 is 10.0 Å². The van der Waals surface area contributed by atoms with E-state index in [1.54, 1.807) is 18.9 Å². The van der Waals surface area contributed by atoms with E-state index >= 15 is 0 Å². The Hall–Kier alpha value is -1.88. The highest BCUT2D eigenvalue weighted by Crippen LogP contribution is 2.28. The van der Waals surface area contributed by atoms with Crippen LogP contribution in [0.5, 0.6) is 0 Å². The lowest BCUT2D eigenvalue weighted by Gasteiger charge is -2.27. The highest BCUT2D eigenvalue weighted by molar-refractivity contribution is 5.80. The molecule has 1 aromatic carbocycles. The van der Waals surface area contributed by atoms with Gasteiger partial charge in [0.25, 0.3) is 0 Å². The number of carboxylic acid groups (broad SMARTS) is 1. The van der Waals surface area contributed by atoms with Crippen molar-refractivity contribution in [1.29, 1.82) is 0 Å². The number of aliphatic carboxylic acids is 1. The fourth-order valence-electron chi connectivity index (χ4n) is 2.33. The first-order valence-electron chi connectivity index (χ1n) is 7.66. The number of carbonyl (C=O) groups excluding carboxylic acids is 1. The Labute approximate surface area is 131 Å². The number of nitrogens with zero attached hydrogens (tertiary/aromatic N) is 2. The third-order valence-electron chi connectivity index (χ3n) is 4.18. The Balaban J connectivity index is 2.00. The van der Waals surface area contributed by atoms with Gasteiger partial charge in [0.1, 0.15) is 6.04 Å². The molecule has 1 unspecified atom stereocenters. The summed E-state index contributed by atoms with van der Waals surface area (Å²) in [5, 5.41) is 9.02. The molecular weight excluding hydrogens is 280 g/mol. The molecule has 0 heterocycles. The van der Waals surface area contributed by atoms with Crippen molar-refractivity contribution in [3.8, 4) is 0 Å². The van der Waals surface area contributed by atoms with E-state index in [0.717, 1.165) is 18.4 Å². The van der Waals surface area contributed by atoms with Crippen LogP contribution in [0.1, 0.15) is 30.9 Å². The minimum absolute atomic E-state index is 0.00123. The van der Waals surface area contributed by atoms with Crippen molar-refractivity contribution in [2.24, 2.45) is 0 Å². The fourth-order valence-corrected chi connectivity index (χ4v) is 2.33. The van der Waals surface area contributed by atoms with E-state index in [4.69, 9.17) is 5.11 Å². The van der Waals surface area contributed by atoms with Gasteiger partial charge in [0.2, 0.25) is 5.91 Å². The third-order valence-corrected chi connectivity index (χ3v) is 4.18. The SMILES string of the molecule is Cc1ccc(CN(C(=O)CN(C)C(C)C(=O)O)C2CC2)cc1. The first kappa shape index (κ1) is 16.5. The number of hydrogen-bond acceptors (Lipinski definition) is 3.